The Bertz CT molecular complexity index is 262. The van der Waals surface area contributed by atoms with E-state index in [1.54, 1.807) is 0 Å². The van der Waals surface area contributed by atoms with Crippen LogP contribution in [0, 0.1) is 0 Å². The maximum Gasteiger partial charge on any atom is 0.0538 e. The zero-order valence-corrected chi connectivity index (χ0v) is 7.59. The van der Waals surface area contributed by atoms with E-state index in [1.807, 2.05) is 13.2 Å². The van der Waals surface area contributed by atoms with Crippen LogP contribution in [0.25, 0.3) is 0 Å². The molecule has 0 saturated heterocycles. The fraction of sp³-hybridized carbons (Fsp3) is 0.667. The number of rotatable bonds is 3. The van der Waals surface area contributed by atoms with E-state index >= 15 is 0 Å². The number of hydrogen-bond donors (Lipinski definition) is 2. The van der Waals surface area contributed by atoms with Gasteiger partial charge in [0.1, 0.15) is 0 Å². The van der Waals surface area contributed by atoms with Gasteiger partial charge in [-0.25, -0.2) is 0 Å². The SMILES string of the molecule is CNC(C)c1cn[nH]c1C1CC1. The quantitative estimate of drug-likeness (QED) is 0.713. The largest absolute Gasteiger partial charge is 0.313 e. The Kier molecular flexibility index (Phi) is 1.89. The smallest absolute Gasteiger partial charge is 0.0538 e. The van der Waals surface area contributed by atoms with Crippen molar-refractivity contribution in [2.24, 2.45) is 0 Å². The van der Waals surface area contributed by atoms with Crippen molar-refractivity contribution in [3.8, 4) is 0 Å². The second-order valence-corrected chi connectivity index (χ2v) is 3.52. The van der Waals surface area contributed by atoms with Crippen LogP contribution < -0.4 is 5.32 Å². The third kappa shape index (κ3) is 1.25. The average molecular weight is 165 g/mol. The average Bonchev–Trinajstić information content (AvgIpc) is 2.83. The Morgan fingerprint density at radius 3 is 3.00 bits per heavy atom. The zero-order valence-electron chi connectivity index (χ0n) is 7.59. The van der Waals surface area contributed by atoms with E-state index in [0.717, 1.165) is 5.92 Å². The molecule has 0 spiro atoms. The van der Waals surface area contributed by atoms with Gasteiger partial charge in [0.15, 0.2) is 0 Å². The summed E-state index contributed by atoms with van der Waals surface area (Å²) in [6.07, 6.45) is 4.59. The number of H-pyrrole nitrogens is 1. The summed E-state index contributed by atoms with van der Waals surface area (Å²) in [7, 11) is 1.98. The molecule has 1 aromatic rings. The molecule has 1 saturated carbocycles. The summed E-state index contributed by atoms with van der Waals surface area (Å²) in [6, 6.07) is 0.416. The lowest BCUT2D eigenvalue weighted by atomic mass is 10.1. The first-order valence-corrected chi connectivity index (χ1v) is 4.53. The first-order valence-electron chi connectivity index (χ1n) is 4.53. The maximum absolute atomic E-state index is 4.09. The van der Waals surface area contributed by atoms with Crippen LogP contribution in [0.2, 0.25) is 0 Å². The van der Waals surface area contributed by atoms with E-state index in [4.69, 9.17) is 0 Å². The summed E-state index contributed by atoms with van der Waals surface area (Å²) in [5.74, 6) is 0.762. The molecule has 1 fully saturated rings. The van der Waals surface area contributed by atoms with Crippen molar-refractivity contribution < 1.29 is 0 Å². The topological polar surface area (TPSA) is 40.7 Å². The Hall–Kier alpha value is -0.830. The lowest BCUT2D eigenvalue weighted by Gasteiger charge is -2.09. The predicted octanol–water partition coefficient (Wildman–Crippen LogP) is 1.57. The molecule has 1 aromatic heterocycles. The highest BCUT2D eigenvalue weighted by Gasteiger charge is 2.28. The highest BCUT2D eigenvalue weighted by atomic mass is 15.1. The Labute approximate surface area is 72.6 Å². The summed E-state index contributed by atoms with van der Waals surface area (Å²) < 4.78 is 0. The molecule has 2 N–H and O–H groups in total. The minimum atomic E-state index is 0.416. The third-order valence-corrected chi connectivity index (χ3v) is 2.58. The van der Waals surface area contributed by atoms with Gasteiger partial charge in [-0.3, -0.25) is 5.10 Å². The Balaban J connectivity index is 2.23. The fourth-order valence-electron chi connectivity index (χ4n) is 1.51. The van der Waals surface area contributed by atoms with Crippen molar-refractivity contribution in [3.05, 3.63) is 17.5 Å². The minimum absolute atomic E-state index is 0.416. The predicted molar refractivity (Wildman–Crippen MR) is 48.0 cm³/mol. The maximum atomic E-state index is 4.09. The molecule has 0 amide bonds. The summed E-state index contributed by atoms with van der Waals surface area (Å²) in [6.45, 7) is 2.16. The van der Waals surface area contributed by atoms with E-state index in [9.17, 15) is 0 Å². The van der Waals surface area contributed by atoms with Crippen molar-refractivity contribution in [2.75, 3.05) is 7.05 Å². The van der Waals surface area contributed by atoms with Crippen LogP contribution in [0.1, 0.15) is 43.0 Å². The highest BCUT2D eigenvalue weighted by Crippen LogP contribution is 2.41. The molecule has 12 heavy (non-hydrogen) atoms. The van der Waals surface area contributed by atoms with Crippen molar-refractivity contribution in [1.29, 1.82) is 0 Å². The van der Waals surface area contributed by atoms with Gasteiger partial charge in [-0.15, -0.1) is 0 Å². The fourth-order valence-corrected chi connectivity index (χ4v) is 1.51. The van der Waals surface area contributed by atoms with Gasteiger partial charge in [0, 0.05) is 23.2 Å². The summed E-state index contributed by atoms with van der Waals surface area (Å²) >= 11 is 0. The molecule has 3 nitrogen and oxygen atoms in total. The molecule has 66 valence electrons. The van der Waals surface area contributed by atoms with E-state index in [2.05, 4.69) is 22.4 Å². The lowest BCUT2D eigenvalue weighted by molar-refractivity contribution is 0.645. The second-order valence-electron chi connectivity index (χ2n) is 3.52. The van der Waals surface area contributed by atoms with Crippen molar-refractivity contribution in [1.82, 2.24) is 15.5 Å². The molecule has 2 rings (SSSR count). The minimum Gasteiger partial charge on any atom is -0.313 e. The normalized spacial score (nSPS) is 19.5. The van der Waals surface area contributed by atoms with E-state index in [0.29, 0.717) is 6.04 Å². The number of nitrogens with zero attached hydrogens (tertiary/aromatic N) is 1. The summed E-state index contributed by atoms with van der Waals surface area (Å²) in [4.78, 5) is 0. The number of aromatic amines is 1. The molecule has 1 unspecified atom stereocenters. The van der Waals surface area contributed by atoms with Gasteiger partial charge in [0.05, 0.1) is 6.20 Å². The standard InChI is InChI=1S/C9H15N3/c1-6(10-2)8-5-11-12-9(8)7-3-4-7/h5-7,10H,3-4H2,1-2H3,(H,11,12). The van der Waals surface area contributed by atoms with Gasteiger partial charge in [0.2, 0.25) is 0 Å². The Morgan fingerprint density at radius 2 is 2.42 bits per heavy atom. The molecule has 1 heterocycles. The first-order chi connectivity index (χ1) is 5.83. The van der Waals surface area contributed by atoms with Crippen LogP contribution in [0.5, 0.6) is 0 Å². The van der Waals surface area contributed by atoms with Crippen molar-refractivity contribution in [3.63, 3.8) is 0 Å². The van der Waals surface area contributed by atoms with Gasteiger partial charge in [-0.1, -0.05) is 0 Å². The van der Waals surface area contributed by atoms with Crippen molar-refractivity contribution >= 4 is 0 Å². The molecule has 1 atom stereocenters. The van der Waals surface area contributed by atoms with E-state index in [-0.39, 0.29) is 0 Å². The first kappa shape index (κ1) is 7.80. The lowest BCUT2D eigenvalue weighted by Crippen LogP contribution is -2.13. The van der Waals surface area contributed by atoms with Gasteiger partial charge in [-0.2, -0.15) is 5.10 Å². The van der Waals surface area contributed by atoms with Crippen LogP contribution in [0.4, 0.5) is 0 Å². The molecule has 1 aliphatic rings. The molecular formula is C9H15N3. The number of hydrogen-bond acceptors (Lipinski definition) is 2. The van der Waals surface area contributed by atoms with E-state index < -0.39 is 0 Å². The number of aromatic nitrogens is 2. The highest BCUT2D eigenvalue weighted by molar-refractivity contribution is 5.26. The van der Waals surface area contributed by atoms with Gasteiger partial charge < -0.3 is 5.32 Å². The summed E-state index contributed by atoms with van der Waals surface area (Å²) in [5, 5.41) is 10.4. The molecule has 1 aliphatic carbocycles. The molecule has 0 radical (unpaired) electrons. The molecule has 0 aromatic carbocycles. The van der Waals surface area contributed by atoms with Crippen molar-refractivity contribution in [2.45, 2.75) is 31.7 Å². The van der Waals surface area contributed by atoms with Gasteiger partial charge in [-0.05, 0) is 26.8 Å². The zero-order chi connectivity index (χ0) is 8.55. The van der Waals surface area contributed by atoms with Crippen LogP contribution in [0.15, 0.2) is 6.20 Å². The van der Waals surface area contributed by atoms with Gasteiger partial charge in [0.25, 0.3) is 0 Å². The number of nitrogens with one attached hydrogen (secondary N) is 2. The molecule has 3 heteroatoms. The van der Waals surface area contributed by atoms with Crippen LogP contribution >= 0.6 is 0 Å². The molecule has 0 aliphatic heterocycles. The van der Waals surface area contributed by atoms with Crippen LogP contribution in [-0.4, -0.2) is 17.2 Å². The van der Waals surface area contributed by atoms with Crippen LogP contribution in [-0.2, 0) is 0 Å². The van der Waals surface area contributed by atoms with Crippen LogP contribution in [0.3, 0.4) is 0 Å². The molecule has 0 bridgehead atoms. The second kappa shape index (κ2) is 2.90. The summed E-state index contributed by atoms with van der Waals surface area (Å²) in [5.41, 5.74) is 2.68. The molecular weight excluding hydrogens is 150 g/mol. The third-order valence-electron chi connectivity index (χ3n) is 2.58. The monoisotopic (exact) mass is 165 g/mol. The van der Waals surface area contributed by atoms with Gasteiger partial charge >= 0.3 is 0 Å². The Morgan fingerprint density at radius 1 is 1.67 bits per heavy atom. The van der Waals surface area contributed by atoms with E-state index in [1.165, 1.54) is 24.1 Å².